The molecule has 12 rings (SSSR count). The van der Waals surface area contributed by atoms with E-state index in [1.54, 1.807) is 0 Å². The van der Waals surface area contributed by atoms with Gasteiger partial charge in [-0.15, -0.1) is 22.7 Å². The highest BCUT2D eigenvalue weighted by Crippen LogP contribution is 2.48. The first-order chi connectivity index (χ1) is 28.2. The van der Waals surface area contributed by atoms with E-state index in [1.807, 2.05) is 89.4 Å². The summed E-state index contributed by atoms with van der Waals surface area (Å²) in [6.07, 6.45) is 0. The summed E-state index contributed by atoms with van der Waals surface area (Å²) in [6, 6.07) is 62.0. The molecule has 6 heteroatoms. The molecule has 0 atom stereocenters. The van der Waals surface area contributed by atoms with Crippen LogP contribution >= 0.6 is 22.7 Å². The lowest BCUT2D eigenvalue weighted by molar-refractivity contribution is 0.669. The molecule has 4 heterocycles. The Morgan fingerprint density at radius 2 is 0.947 bits per heavy atom. The molecule has 0 radical (unpaired) electrons. The van der Waals surface area contributed by atoms with Crippen LogP contribution in [0.2, 0.25) is 0 Å². The largest absolute Gasteiger partial charge is 0.456 e. The number of furan rings is 1. The molecule has 4 nitrogen and oxygen atoms in total. The Bertz CT molecular complexity index is 3470. The third kappa shape index (κ3) is 5.22. The maximum absolute atomic E-state index is 6.35. The van der Waals surface area contributed by atoms with Gasteiger partial charge in [-0.05, 0) is 53.1 Å². The van der Waals surface area contributed by atoms with Crippen LogP contribution < -0.4 is 0 Å². The number of thiophene rings is 2. The molecule has 12 aromatic rings. The Morgan fingerprint density at radius 3 is 1.74 bits per heavy atom. The van der Waals surface area contributed by atoms with E-state index in [9.17, 15) is 0 Å². The highest BCUT2D eigenvalue weighted by atomic mass is 32.1. The molecule has 0 spiro atoms. The van der Waals surface area contributed by atoms with Gasteiger partial charge in [-0.1, -0.05) is 140 Å². The van der Waals surface area contributed by atoms with Gasteiger partial charge in [0, 0.05) is 73.4 Å². The lowest BCUT2D eigenvalue weighted by Crippen LogP contribution is -1.99. The second-order valence-electron chi connectivity index (χ2n) is 14.3. The molecule has 8 aromatic carbocycles. The zero-order valence-corrected chi connectivity index (χ0v) is 31.9. The molecule has 0 saturated carbocycles. The molecule has 4 aromatic heterocycles. The normalized spacial score (nSPS) is 11.9. The molecule has 0 amide bonds. The monoisotopic (exact) mass is 763 g/mol. The zero-order chi connectivity index (χ0) is 37.5. The molecule has 0 fully saturated rings. The van der Waals surface area contributed by atoms with Gasteiger partial charge in [0.05, 0.1) is 0 Å². The highest BCUT2D eigenvalue weighted by molar-refractivity contribution is 7.27. The number of rotatable bonds is 5. The van der Waals surface area contributed by atoms with E-state index in [0.717, 1.165) is 38.6 Å². The summed E-state index contributed by atoms with van der Waals surface area (Å²) in [5.41, 5.74) is 9.50. The number of fused-ring (bicyclic) bond motifs is 9. The van der Waals surface area contributed by atoms with Gasteiger partial charge in [0.15, 0.2) is 17.5 Å². The second kappa shape index (κ2) is 12.8. The van der Waals surface area contributed by atoms with Crippen molar-refractivity contribution in [3.05, 3.63) is 176 Å². The summed E-state index contributed by atoms with van der Waals surface area (Å²) < 4.78 is 11.4. The second-order valence-corrected chi connectivity index (χ2v) is 16.4. The highest BCUT2D eigenvalue weighted by Gasteiger charge is 2.20. The van der Waals surface area contributed by atoms with Crippen molar-refractivity contribution in [1.82, 2.24) is 15.0 Å². The lowest BCUT2D eigenvalue weighted by atomic mass is 9.92. The molecule has 0 aliphatic carbocycles. The summed E-state index contributed by atoms with van der Waals surface area (Å²) in [6.45, 7) is 0. The van der Waals surface area contributed by atoms with Gasteiger partial charge in [0.2, 0.25) is 0 Å². The van der Waals surface area contributed by atoms with E-state index in [0.29, 0.717) is 17.5 Å². The number of nitrogens with zero attached hydrogens (tertiary/aromatic N) is 3. The van der Waals surface area contributed by atoms with Crippen LogP contribution in [-0.2, 0) is 0 Å². The standard InChI is InChI=1S/C51H29N3OS2/c1-3-13-30(14-4-1)49-52-50(31-15-5-2-6-16-31)54-51(53-49)32-25-26-35-36-20-11-21-37(48(36)57-44(35)28-32)40-27-33(29-45-47(40)39-18-8-10-24-43(39)56-45)34-19-12-23-42-46(34)38-17-7-9-22-41(38)55-42/h1-29H. The maximum Gasteiger partial charge on any atom is 0.164 e. The Balaban J connectivity index is 1.07. The lowest BCUT2D eigenvalue weighted by Gasteiger charge is -2.11. The summed E-state index contributed by atoms with van der Waals surface area (Å²) in [5, 5.41) is 7.32. The van der Waals surface area contributed by atoms with E-state index in [1.165, 1.54) is 62.6 Å². The van der Waals surface area contributed by atoms with Crippen molar-refractivity contribution >= 4 is 85.0 Å². The Labute approximate surface area is 335 Å². The van der Waals surface area contributed by atoms with Crippen molar-refractivity contribution in [3.63, 3.8) is 0 Å². The average Bonchev–Trinajstić information content (AvgIpc) is 3.97. The fourth-order valence-electron chi connectivity index (χ4n) is 8.32. The molecule has 266 valence electrons. The Hall–Kier alpha value is -6.99. The Morgan fingerprint density at radius 1 is 0.333 bits per heavy atom. The third-order valence-corrected chi connectivity index (χ3v) is 13.3. The van der Waals surface area contributed by atoms with Gasteiger partial charge in [0.25, 0.3) is 0 Å². The van der Waals surface area contributed by atoms with Crippen molar-refractivity contribution < 1.29 is 4.42 Å². The van der Waals surface area contributed by atoms with Crippen molar-refractivity contribution in [2.24, 2.45) is 0 Å². The first-order valence-corrected chi connectivity index (χ1v) is 20.6. The number of aromatic nitrogens is 3. The summed E-state index contributed by atoms with van der Waals surface area (Å²) in [7, 11) is 0. The van der Waals surface area contributed by atoms with E-state index in [4.69, 9.17) is 19.4 Å². The van der Waals surface area contributed by atoms with Crippen LogP contribution in [0.5, 0.6) is 0 Å². The van der Waals surface area contributed by atoms with Gasteiger partial charge in [-0.3, -0.25) is 0 Å². The van der Waals surface area contributed by atoms with Crippen LogP contribution in [0.1, 0.15) is 0 Å². The van der Waals surface area contributed by atoms with Crippen molar-refractivity contribution in [1.29, 1.82) is 0 Å². The summed E-state index contributed by atoms with van der Waals surface area (Å²) >= 11 is 3.69. The SMILES string of the molecule is c1ccc(-c2nc(-c3ccccc3)nc(-c3ccc4c(c3)sc3c(-c5cc(-c6cccc7oc8ccccc8c67)cc6sc7ccccc7c56)cccc34)n2)cc1. The smallest absolute Gasteiger partial charge is 0.164 e. The predicted molar refractivity (Wildman–Crippen MR) is 240 cm³/mol. The maximum atomic E-state index is 6.35. The van der Waals surface area contributed by atoms with Crippen LogP contribution in [0, 0.1) is 0 Å². The van der Waals surface area contributed by atoms with E-state index < -0.39 is 0 Å². The molecular formula is C51H29N3OS2. The number of para-hydroxylation sites is 1. The minimum Gasteiger partial charge on any atom is -0.456 e. The summed E-state index contributed by atoms with van der Waals surface area (Å²) in [4.78, 5) is 15.0. The van der Waals surface area contributed by atoms with Crippen LogP contribution in [0.3, 0.4) is 0 Å². The fraction of sp³-hybridized carbons (Fsp3) is 0. The number of benzene rings is 8. The van der Waals surface area contributed by atoms with Gasteiger partial charge in [-0.25, -0.2) is 15.0 Å². The zero-order valence-electron chi connectivity index (χ0n) is 30.3. The predicted octanol–water partition coefficient (Wildman–Crippen LogP) is 14.8. The van der Waals surface area contributed by atoms with Crippen LogP contribution in [0.4, 0.5) is 0 Å². The molecule has 0 saturated heterocycles. The first-order valence-electron chi connectivity index (χ1n) is 18.9. The topological polar surface area (TPSA) is 51.8 Å². The number of hydrogen-bond acceptors (Lipinski definition) is 6. The molecule has 0 aliphatic heterocycles. The first kappa shape index (κ1) is 32.3. The summed E-state index contributed by atoms with van der Waals surface area (Å²) in [5.74, 6) is 1.97. The minimum atomic E-state index is 0.655. The van der Waals surface area contributed by atoms with Crippen molar-refractivity contribution in [3.8, 4) is 56.4 Å². The molecule has 0 bridgehead atoms. The van der Waals surface area contributed by atoms with E-state index in [2.05, 4.69) is 109 Å². The minimum absolute atomic E-state index is 0.655. The molecule has 0 aliphatic rings. The van der Waals surface area contributed by atoms with Gasteiger partial charge < -0.3 is 4.42 Å². The van der Waals surface area contributed by atoms with E-state index >= 15 is 0 Å². The van der Waals surface area contributed by atoms with Crippen molar-refractivity contribution in [2.45, 2.75) is 0 Å². The quantitative estimate of drug-likeness (QED) is 0.175. The van der Waals surface area contributed by atoms with Crippen LogP contribution in [-0.4, -0.2) is 15.0 Å². The third-order valence-electron chi connectivity index (χ3n) is 10.9. The molecule has 0 unspecified atom stereocenters. The average molecular weight is 764 g/mol. The van der Waals surface area contributed by atoms with Gasteiger partial charge in [0.1, 0.15) is 11.2 Å². The molecular weight excluding hydrogens is 735 g/mol. The van der Waals surface area contributed by atoms with E-state index in [-0.39, 0.29) is 0 Å². The number of hydrogen-bond donors (Lipinski definition) is 0. The van der Waals surface area contributed by atoms with Crippen LogP contribution in [0.25, 0.3) is 119 Å². The Kier molecular flexibility index (Phi) is 7.24. The fourth-order valence-corrected chi connectivity index (χ4v) is 10.8. The van der Waals surface area contributed by atoms with Crippen molar-refractivity contribution in [2.75, 3.05) is 0 Å². The van der Waals surface area contributed by atoms with Gasteiger partial charge >= 0.3 is 0 Å². The molecule has 0 N–H and O–H groups in total. The molecule has 57 heavy (non-hydrogen) atoms. The van der Waals surface area contributed by atoms with Crippen LogP contribution in [0.15, 0.2) is 180 Å². The van der Waals surface area contributed by atoms with Gasteiger partial charge in [-0.2, -0.15) is 0 Å².